The van der Waals surface area contributed by atoms with Crippen molar-refractivity contribution in [2.45, 2.75) is 78.2 Å². The van der Waals surface area contributed by atoms with Gasteiger partial charge in [0.2, 0.25) is 0 Å². The van der Waals surface area contributed by atoms with Crippen molar-refractivity contribution in [1.29, 1.82) is 0 Å². The van der Waals surface area contributed by atoms with Gasteiger partial charge in [-0.1, -0.05) is 0 Å². The molecule has 1 aliphatic rings. The second kappa shape index (κ2) is 10.8. The van der Waals surface area contributed by atoms with Crippen LogP contribution in [0, 0.1) is 0 Å². The molecule has 1 fully saturated rings. The van der Waals surface area contributed by atoms with Gasteiger partial charge in [0.15, 0.2) is 0 Å². The summed E-state index contributed by atoms with van der Waals surface area (Å²) in [6.07, 6.45) is -4.04. The van der Waals surface area contributed by atoms with Gasteiger partial charge in [0.1, 0.15) is 42.4 Å². The van der Waals surface area contributed by atoms with Crippen molar-refractivity contribution in [3.63, 3.8) is 0 Å². The van der Waals surface area contributed by atoms with E-state index < -0.39 is 47.8 Å². The molecular weight excluding hydrogens is 414 g/mol. The highest BCUT2D eigenvalue weighted by molar-refractivity contribution is 6.00. The highest BCUT2D eigenvalue weighted by Crippen LogP contribution is 2.10. The Bertz CT molecular complexity index is 707. The summed E-state index contributed by atoms with van der Waals surface area (Å²) in [6, 6.07) is -0.583. The number of ether oxygens (including phenoxy) is 5. The van der Waals surface area contributed by atoms with E-state index in [1.807, 2.05) is 0 Å². The quantitative estimate of drug-likeness (QED) is 0.288. The average molecular weight is 445 g/mol. The number of carbonyl (C=O) groups is 4. The Kier molecular flexibility index (Phi) is 9.07. The summed E-state index contributed by atoms with van der Waals surface area (Å²) >= 11 is 0. The van der Waals surface area contributed by atoms with Crippen LogP contribution < -0.4 is 10.6 Å². The van der Waals surface area contributed by atoms with E-state index >= 15 is 0 Å². The fourth-order valence-corrected chi connectivity index (χ4v) is 2.12. The molecule has 176 valence electrons. The van der Waals surface area contributed by atoms with Crippen LogP contribution in [0.25, 0.3) is 0 Å². The molecule has 0 bridgehead atoms. The molecule has 3 amide bonds. The highest BCUT2D eigenvalue weighted by atomic mass is 16.7. The minimum atomic E-state index is -0.919. The number of aliphatic imine (C=N–C) groups is 1. The summed E-state index contributed by atoms with van der Waals surface area (Å²) in [5, 5.41) is 4.86. The highest BCUT2D eigenvalue weighted by Gasteiger charge is 2.30. The van der Waals surface area contributed by atoms with E-state index in [1.165, 1.54) is 0 Å². The molecule has 0 aliphatic carbocycles. The first-order valence-electron chi connectivity index (χ1n) is 9.72. The van der Waals surface area contributed by atoms with Crippen LogP contribution >= 0.6 is 0 Å². The second-order valence-electron chi connectivity index (χ2n) is 8.69. The van der Waals surface area contributed by atoms with E-state index in [0.29, 0.717) is 0 Å². The lowest BCUT2D eigenvalue weighted by Crippen LogP contribution is -2.50. The van der Waals surface area contributed by atoms with Crippen LogP contribution in [0.5, 0.6) is 0 Å². The van der Waals surface area contributed by atoms with Crippen LogP contribution in [0.15, 0.2) is 4.99 Å². The summed E-state index contributed by atoms with van der Waals surface area (Å²) in [6.45, 7) is 11.4. The number of alkyl carbamates (subject to hydrolysis) is 2. The lowest BCUT2D eigenvalue weighted by Gasteiger charge is -2.28. The number of nitrogens with one attached hydrogen (secondary N) is 2. The SMILES string of the molecule is CC1OC(=O)OCC1NC(=O)OCCC(=NC(=O)OC(C)(C)C)NC(=O)OC(C)(C)C. The zero-order valence-electron chi connectivity index (χ0n) is 18.9. The lowest BCUT2D eigenvalue weighted by atomic mass is 10.2. The van der Waals surface area contributed by atoms with Gasteiger partial charge in [-0.05, 0) is 48.5 Å². The van der Waals surface area contributed by atoms with E-state index in [4.69, 9.17) is 23.7 Å². The maximum Gasteiger partial charge on any atom is 0.508 e. The molecule has 1 rings (SSSR count). The van der Waals surface area contributed by atoms with Crippen molar-refractivity contribution in [1.82, 2.24) is 10.6 Å². The van der Waals surface area contributed by atoms with Crippen LogP contribution in [0.1, 0.15) is 54.9 Å². The predicted octanol–water partition coefficient (Wildman–Crippen LogP) is 2.88. The Morgan fingerprint density at radius 1 is 1.06 bits per heavy atom. The predicted molar refractivity (Wildman–Crippen MR) is 108 cm³/mol. The van der Waals surface area contributed by atoms with Crippen molar-refractivity contribution in [2.24, 2.45) is 4.99 Å². The first-order valence-corrected chi connectivity index (χ1v) is 9.72. The van der Waals surface area contributed by atoms with Crippen LogP contribution in [-0.2, 0) is 23.7 Å². The summed E-state index contributed by atoms with van der Waals surface area (Å²) in [7, 11) is 0. The molecule has 1 saturated heterocycles. The van der Waals surface area contributed by atoms with Crippen molar-refractivity contribution in [3.05, 3.63) is 0 Å². The molecule has 2 N–H and O–H groups in total. The molecule has 0 aromatic rings. The third-order valence-electron chi connectivity index (χ3n) is 3.37. The zero-order chi connectivity index (χ0) is 23.8. The minimum absolute atomic E-state index is 0.0549. The summed E-state index contributed by atoms with van der Waals surface area (Å²) in [5.41, 5.74) is -1.55. The third-order valence-corrected chi connectivity index (χ3v) is 3.37. The number of hydrogen-bond acceptors (Lipinski definition) is 9. The monoisotopic (exact) mass is 445 g/mol. The third kappa shape index (κ3) is 11.6. The van der Waals surface area contributed by atoms with Gasteiger partial charge in [-0.2, -0.15) is 4.99 Å². The van der Waals surface area contributed by atoms with Gasteiger partial charge >= 0.3 is 24.4 Å². The number of amides is 3. The molecule has 31 heavy (non-hydrogen) atoms. The molecular formula is C19H31N3O9. The minimum Gasteiger partial charge on any atom is -0.449 e. The van der Waals surface area contributed by atoms with Gasteiger partial charge in [-0.3, -0.25) is 5.32 Å². The molecule has 12 nitrogen and oxygen atoms in total. The number of amidine groups is 1. The molecule has 0 aromatic carbocycles. The first-order chi connectivity index (χ1) is 14.1. The fourth-order valence-electron chi connectivity index (χ4n) is 2.12. The number of nitrogens with zero attached hydrogens (tertiary/aromatic N) is 1. The Hall–Kier alpha value is -3.05. The zero-order valence-corrected chi connectivity index (χ0v) is 18.9. The van der Waals surface area contributed by atoms with Crippen molar-refractivity contribution >= 4 is 30.3 Å². The topological polar surface area (TPSA) is 151 Å². The van der Waals surface area contributed by atoms with Crippen LogP contribution in [0.4, 0.5) is 19.2 Å². The van der Waals surface area contributed by atoms with Crippen LogP contribution in [0.3, 0.4) is 0 Å². The number of hydrogen-bond donors (Lipinski definition) is 2. The van der Waals surface area contributed by atoms with Gasteiger partial charge in [0.05, 0.1) is 0 Å². The Morgan fingerprint density at radius 3 is 2.23 bits per heavy atom. The Morgan fingerprint density at radius 2 is 1.68 bits per heavy atom. The molecule has 0 saturated carbocycles. The van der Waals surface area contributed by atoms with Crippen molar-refractivity contribution < 1.29 is 42.9 Å². The summed E-state index contributed by atoms with van der Waals surface area (Å²) < 4.78 is 24.8. The van der Waals surface area contributed by atoms with Gasteiger partial charge in [0, 0.05) is 6.42 Å². The van der Waals surface area contributed by atoms with Gasteiger partial charge in [-0.15, -0.1) is 0 Å². The molecule has 0 radical (unpaired) electrons. The number of rotatable bonds is 4. The normalized spacial score (nSPS) is 19.5. The maximum absolute atomic E-state index is 12.0. The summed E-state index contributed by atoms with van der Waals surface area (Å²) in [4.78, 5) is 50.7. The smallest absolute Gasteiger partial charge is 0.449 e. The standard InChI is InChI=1S/C19H31N3O9/c1-11-12(10-28-17(26)29-11)20-14(23)27-9-8-13(21-15(24)30-18(2,3)4)22-16(25)31-19(5,6)7/h11-12H,8-10H2,1-7H3,(H,20,23)(H,21,22,24,25). The van der Waals surface area contributed by atoms with E-state index in [9.17, 15) is 19.2 Å². The fraction of sp³-hybridized carbons (Fsp3) is 0.737. The molecule has 2 atom stereocenters. The molecule has 12 heteroatoms. The number of cyclic esters (lactones) is 2. The average Bonchev–Trinajstić information content (AvgIpc) is 2.53. The van der Waals surface area contributed by atoms with Crippen LogP contribution in [0.2, 0.25) is 0 Å². The van der Waals surface area contributed by atoms with Crippen LogP contribution in [-0.4, -0.2) is 66.8 Å². The van der Waals surface area contributed by atoms with Gasteiger partial charge < -0.3 is 29.0 Å². The Labute approximate surface area is 181 Å². The second-order valence-corrected chi connectivity index (χ2v) is 8.69. The van der Waals surface area contributed by atoms with Crippen molar-refractivity contribution in [2.75, 3.05) is 13.2 Å². The van der Waals surface area contributed by atoms with Gasteiger partial charge in [0.25, 0.3) is 0 Å². The lowest BCUT2D eigenvalue weighted by molar-refractivity contribution is -0.0357. The molecule has 2 unspecified atom stereocenters. The largest absolute Gasteiger partial charge is 0.508 e. The Balaban J connectivity index is 2.65. The molecule has 0 spiro atoms. The molecule has 1 aliphatic heterocycles. The van der Waals surface area contributed by atoms with E-state index in [-0.39, 0.29) is 25.5 Å². The maximum atomic E-state index is 12.0. The van der Waals surface area contributed by atoms with E-state index in [2.05, 4.69) is 15.6 Å². The van der Waals surface area contributed by atoms with Gasteiger partial charge in [-0.25, -0.2) is 19.2 Å². The number of carbonyl (C=O) groups excluding carboxylic acids is 4. The van der Waals surface area contributed by atoms with E-state index in [1.54, 1.807) is 48.5 Å². The summed E-state index contributed by atoms with van der Waals surface area (Å²) in [5.74, 6) is -0.0976. The first kappa shape index (κ1) is 26.0. The molecule has 0 aromatic heterocycles. The van der Waals surface area contributed by atoms with Crippen molar-refractivity contribution in [3.8, 4) is 0 Å². The van der Waals surface area contributed by atoms with E-state index in [0.717, 1.165) is 0 Å². The molecule has 1 heterocycles.